The molecule has 0 amide bonds. The minimum absolute atomic E-state index is 0.0220. The van der Waals surface area contributed by atoms with Gasteiger partial charge in [-0.2, -0.15) is 0 Å². The lowest BCUT2D eigenvalue weighted by atomic mass is 9.75. The Bertz CT molecular complexity index is 545. The van der Waals surface area contributed by atoms with Crippen molar-refractivity contribution in [2.45, 2.75) is 32.1 Å². The van der Waals surface area contributed by atoms with Gasteiger partial charge < -0.3 is 19.7 Å². The summed E-state index contributed by atoms with van der Waals surface area (Å²) in [5, 5.41) is 17.7. The number of hydrogen-bond acceptors (Lipinski definition) is 5. The molecule has 0 atom stereocenters. The normalized spacial score (nSPS) is 16.5. The number of rotatable bonds is 8. The first-order chi connectivity index (χ1) is 11.6. The fourth-order valence-electron chi connectivity index (χ4n) is 3.04. The molecular formula is C18H24O6. The maximum absolute atomic E-state index is 12.2. The van der Waals surface area contributed by atoms with Crippen LogP contribution in [0.25, 0.3) is 0 Å². The van der Waals surface area contributed by atoms with Crippen molar-refractivity contribution < 1.29 is 29.3 Å². The highest BCUT2D eigenvalue weighted by Crippen LogP contribution is 2.37. The smallest absolute Gasteiger partial charge is 0.338 e. The first-order valence-corrected chi connectivity index (χ1v) is 8.25. The Hall–Kier alpha value is -1.92. The number of carboxylic acid groups (broad SMARTS) is 1. The van der Waals surface area contributed by atoms with Gasteiger partial charge in [0.15, 0.2) is 0 Å². The van der Waals surface area contributed by atoms with Gasteiger partial charge in [0.2, 0.25) is 0 Å². The molecule has 0 aromatic heterocycles. The number of carbonyl (C=O) groups excluding carboxylic acids is 1. The van der Waals surface area contributed by atoms with E-state index >= 15 is 0 Å². The number of carboxylic acids is 1. The first kappa shape index (κ1) is 18.4. The summed E-state index contributed by atoms with van der Waals surface area (Å²) < 4.78 is 11.0. The van der Waals surface area contributed by atoms with Crippen LogP contribution in [-0.4, -0.2) is 48.6 Å². The summed E-state index contributed by atoms with van der Waals surface area (Å²) in [6.07, 6.45) is 5.19. The minimum atomic E-state index is -1.03. The average Bonchev–Trinajstić information content (AvgIpc) is 2.61. The zero-order valence-corrected chi connectivity index (χ0v) is 13.7. The summed E-state index contributed by atoms with van der Waals surface area (Å²) >= 11 is 0. The Morgan fingerprint density at radius 1 is 1.00 bits per heavy atom. The Balaban J connectivity index is 1.94. The zero-order valence-electron chi connectivity index (χ0n) is 13.7. The number of carbonyl (C=O) groups is 2. The van der Waals surface area contributed by atoms with E-state index in [1.165, 1.54) is 30.7 Å². The minimum Gasteiger partial charge on any atom is -0.478 e. The molecule has 1 fully saturated rings. The number of benzene rings is 1. The Morgan fingerprint density at radius 2 is 1.62 bits per heavy atom. The van der Waals surface area contributed by atoms with E-state index in [2.05, 4.69) is 0 Å². The molecule has 2 N–H and O–H groups in total. The molecule has 1 aliphatic rings. The number of aromatic carboxylic acids is 1. The van der Waals surface area contributed by atoms with Gasteiger partial charge in [-0.3, -0.25) is 0 Å². The highest BCUT2D eigenvalue weighted by Gasteiger charge is 2.34. The second-order valence-electron chi connectivity index (χ2n) is 6.30. The van der Waals surface area contributed by atoms with Gasteiger partial charge in [-0.1, -0.05) is 19.3 Å². The molecule has 132 valence electrons. The summed E-state index contributed by atoms with van der Waals surface area (Å²) in [6.45, 7) is 1.01. The van der Waals surface area contributed by atoms with Crippen molar-refractivity contribution >= 4 is 11.9 Å². The summed E-state index contributed by atoms with van der Waals surface area (Å²) in [5.74, 6) is -1.49. The van der Waals surface area contributed by atoms with E-state index in [9.17, 15) is 9.59 Å². The van der Waals surface area contributed by atoms with Crippen LogP contribution in [0.4, 0.5) is 0 Å². The summed E-state index contributed by atoms with van der Waals surface area (Å²) in [7, 11) is 0. The Morgan fingerprint density at radius 3 is 2.21 bits per heavy atom. The van der Waals surface area contributed by atoms with Crippen molar-refractivity contribution in [3.05, 3.63) is 35.4 Å². The van der Waals surface area contributed by atoms with Crippen LogP contribution >= 0.6 is 0 Å². The van der Waals surface area contributed by atoms with E-state index in [4.69, 9.17) is 19.7 Å². The van der Waals surface area contributed by atoms with E-state index in [1.807, 2.05) is 0 Å². The maximum Gasteiger partial charge on any atom is 0.338 e. The zero-order chi connectivity index (χ0) is 17.4. The highest BCUT2D eigenvalue weighted by atomic mass is 16.5. The van der Waals surface area contributed by atoms with E-state index < -0.39 is 11.9 Å². The SMILES string of the molecule is O=C(O)c1ccc(C(=O)OCC2(COCCO)CCCCC2)cc1. The Labute approximate surface area is 141 Å². The van der Waals surface area contributed by atoms with Gasteiger partial charge in [0.05, 0.1) is 37.6 Å². The molecule has 0 bridgehead atoms. The van der Waals surface area contributed by atoms with Gasteiger partial charge in [-0.05, 0) is 37.1 Å². The van der Waals surface area contributed by atoms with Gasteiger partial charge in [-0.15, -0.1) is 0 Å². The molecule has 1 aromatic rings. The van der Waals surface area contributed by atoms with Crippen LogP contribution in [0.3, 0.4) is 0 Å². The van der Waals surface area contributed by atoms with E-state index in [1.54, 1.807) is 0 Å². The molecule has 0 radical (unpaired) electrons. The largest absolute Gasteiger partial charge is 0.478 e. The molecule has 0 saturated heterocycles. The van der Waals surface area contributed by atoms with Crippen LogP contribution in [0.2, 0.25) is 0 Å². The van der Waals surface area contributed by atoms with Gasteiger partial charge in [-0.25, -0.2) is 9.59 Å². The lowest BCUT2D eigenvalue weighted by Gasteiger charge is -2.36. The lowest BCUT2D eigenvalue weighted by molar-refractivity contribution is -0.0363. The molecule has 0 aliphatic heterocycles. The second-order valence-corrected chi connectivity index (χ2v) is 6.30. The van der Waals surface area contributed by atoms with Crippen molar-refractivity contribution in [2.24, 2.45) is 5.41 Å². The molecular weight excluding hydrogens is 312 g/mol. The summed E-state index contributed by atoms with van der Waals surface area (Å²) in [5.41, 5.74) is 0.277. The number of aliphatic hydroxyl groups is 1. The van der Waals surface area contributed by atoms with Gasteiger partial charge in [0.25, 0.3) is 0 Å². The molecule has 1 saturated carbocycles. The third-order valence-electron chi connectivity index (χ3n) is 4.44. The quantitative estimate of drug-likeness (QED) is 0.560. The molecule has 1 aromatic carbocycles. The standard InChI is InChI=1S/C18H24O6/c19-10-11-23-12-18(8-2-1-3-9-18)13-24-17(22)15-6-4-14(5-7-15)16(20)21/h4-7,19H,1-3,8-13H2,(H,20,21). The van der Waals surface area contributed by atoms with Gasteiger partial charge in [0, 0.05) is 5.41 Å². The second kappa shape index (κ2) is 8.80. The van der Waals surface area contributed by atoms with E-state index in [0.29, 0.717) is 12.2 Å². The monoisotopic (exact) mass is 336 g/mol. The van der Waals surface area contributed by atoms with Crippen LogP contribution < -0.4 is 0 Å². The van der Waals surface area contributed by atoms with Crippen molar-refractivity contribution in [3.63, 3.8) is 0 Å². The maximum atomic E-state index is 12.2. The van der Waals surface area contributed by atoms with E-state index in [0.717, 1.165) is 25.7 Å². The third-order valence-corrected chi connectivity index (χ3v) is 4.44. The number of hydrogen-bond donors (Lipinski definition) is 2. The number of aliphatic hydroxyl groups excluding tert-OH is 1. The summed E-state index contributed by atoms with van der Waals surface area (Å²) in [6, 6.07) is 5.70. The molecule has 2 rings (SSSR count). The first-order valence-electron chi connectivity index (χ1n) is 8.25. The van der Waals surface area contributed by atoms with Gasteiger partial charge >= 0.3 is 11.9 Å². The van der Waals surface area contributed by atoms with Crippen molar-refractivity contribution in [1.29, 1.82) is 0 Å². The predicted octanol–water partition coefficient (Wildman–Crippen LogP) is 2.50. The number of esters is 1. The van der Waals surface area contributed by atoms with Crippen LogP contribution in [0.15, 0.2) is 24.3 Å². The molecule has 0 unspecified atom stereocenters. The molecule has 0 spiro atoms. The molecule has 0 heterocycles. The Kier molecular flexibility index (Phi) is 6.75. The molecule has 1 aliphatic carbocycles. The number of ether oxygens (including phenoxy) is 2. The molecule has 6 heteroatoms. The molecule has 24 heavy (non-hydrogen) atoms. The van der Waals surface area contributed by atoms with Crippen LogP contribution in [-0.2, 0) is 9.47 Å². The van der Waals surface area contributed by atoms with E-state index in [-0.39, 0.29) is 30.8 Å². The average molecular weight is 336 g/mol. The lowest BCUT2D eigenvalue weighted by Crippen LogP contribution is -2.36. The van der Waals surface area contributed by atoms with Gasteiger partial charge in [0.1, 0.15) is 0 Å². The fraction of sp³-hybridized carbons (Fsp3) is 0.556. The topological polar surface area (TPSA) is 93.1 Å². The van der Waals surface area contributed by atoms with Crippen LogP contribution in [0.1, 0.15) is 52.8 Å². The van der Waals surface area contributed by atoms with Crippen LogP contribution in [0, 0.1) is 5.41 Å². The molecule has 6 nitrogen and oxygen atoms in total. The highest BCUT2D eigenvalue weighted by molar-refractivity contribution is 5.92. The predicted molar refractivity (Wildman–Crippen MR) is 87.1 cm³/mol. The van der Waals surface area contributed by atoms with Crippen molar-refractivity contribution in [1.82, 2.24) is 0 Å². The fourth-order valence-corrected chi connectivity index (χ4v) is 3.04. The van der Waals surface area contributed by atoms with Crippen molar-refractivity contribution in [2.75, 3.05) is 26.4 Å². The third kappa shape index (κ3) is 5.04. The van der Waals surface area contributed by atoms with Crippen LogP contribution in [0.5, 0.6) is 0 Å². The van der Waals surface area contributed by atoms with Crippen molar-refractivity contribution in [3.8, 4) is 0 Å². The summed E-state index contributed by atoms with van der Waals surface area (Å²) in [4.78, 5) is 23.0.